The van der Waals surface area contributed by atoms with Gasteiger partial charge in [-0.2, -0.15) is 0 Å². The Morgan fingerprint density at radius 3 is 2.57 bits per heavy atom. The fraction of sp³-hybridized carbons (Fsp3) is 0.458. The predicted molar refractivity (Wildman–Crippen MR) is 111 cm³/mol. The molecule has 4 rings (SSSR count). The Labute approximate surface area is 176 Å². The molecule has 6 heteroatoms. The van der Waals surface area contributed by atoms with Crippen molar-refractivity contribution >= 4 is 5.97 Å². The van der Waals surface area contributed by atoms with Gasteiger partial charge in [0.05, 0.1) is 5.56 Å². The molecule has 2 aliphatic rings. The monoisotopic (exact) mass is 414 g/mol. The summed E-state index contributed by atoms with van der Waals surface area (Å²) < 4.78 is 27.0. The molecule has 4 nitrogen and oxygen atoms in total. The van der Waals surface area contributed by atoms with E-state index in [-0.39, 0.29) is 0 Å². The first-order valence-electron chi connectivity index (χ1n) is 10.6. The summed E-state index contributed by atoms with van der Waals surface area (Å²) in [6.45, 7) is 3.14. The van der Waals surface area contributed by atoms with Crippen LogP contribution in [0.2, 0.25) is 0 Å². The fourth-order valence-electron chi connectivity index (χ4n) is 5.26. The van der Waals surface area contributed by atoms with Crippen molar-refractivity contribution in [3.63, 3.8) is 0 Å². The third kappa shape index (κ3) is 4.71. The molecule has 0 spiro atoms. The average molecular weight is 414 g/mol. The molecular weight excluding hydrogens is 386 g/mol. The van der Waals surface area contributed by atoms with Gasteiger partial charge in [0.2, 0.25) is 0 Å². The molecule has 2 aromatic rings. The lowest BCUT2D eigenvalue weighted by Gasteiger charge is -2.35. The minimum Gasteiger partial charge on any atom is -0.478 e. The summed E-state index contributed by atoms with van der Waals surface area (Å²) in [4.78, 5) is 16.1. The fourth-order valence-corrected chi connectivity index (χ4v) is 5.26. The Morgan fingerprint density at radius 1 is 1.13 bits per heavy atom. The zero-order valence-electron chi connectivity index (χ0n) is 17.2. The van der Waals surface area contributed by atoms with Crippen LogP contribution in [0.25, 0.3) is 0 Å². The second-order valence-corrected chi connectivity index (χ2v) is 8.82. The maximum atomic E-state index is 13.5. The van der Waals surface area contributed by atoms with E-state index < -0.39 is 17.6 Å². The molecule has 160 valence electrons. The van der Waals surface area contributed by atoms with Crippen LogP contribution in [0.5, 0.6) is 0 Å². The van der Waals surface area contributed by atoms with Crippen LogP contribution in [0.15, 0.2) is 42.5 Å². The second kappa shape index (κ2) is 8.82. The van der Waals surface area contributed by atoms with Gasteiger partial charge in [-0.25, -0.2) is 13.6 Å². The van der Waals surface area contributed by atoms with Crippen molar-refractivity contribution in [2.24, 2.45) is 11.8 Å². The van der Waals surface area contributed by atoms with Crippen LogP contribution >= 0.6 is 0 Å². The van der Waals surface area contributed by atoms with Gasteiger partial charge in [0.1, 0.15) is 11.6 Å². The Hall–Kier alpha value is -2.31. The number of nitrogens with zero attached hydrogens (tertiary/aromatic N) is 2. The molecule has 1 saturated carbocycles. The van der Waals surface area contributed by atoms with E-state index >= 15 is 0 Å². The second-order valence-electron chi connectivity index (χ2n) is 8.82. The molecule has 0 unspecified atom stereocenters. The molecule has 1 aliphatic carbocycles. The third-order valence-corrected chi connectivity index (χ3v) is 6.74. The van der Waals surface area contributed by atoms with E-state index in [1.807, 2.05) is 19.2 Å². The van der Waals surface area contributed by atoms with Crippen molar-refractivity contribution < 1.29 is 18.7 Å². The molecule has 1 saturated heterocycles. The van der Waals surface area contributed by atoms with Crippen LogP contribution in [0.4, 0.5) is 8.78 Å². The van der Waals surface area contributed by atoms with E-state index in [1.54, 1.807) is 12.1 Å². The first-order valence-corrected chi connectivity index (χ1v) is 10.6. The number of piperidine rings is 1. The van der Waals surface area contributed by atoms with Gasteiger partial charge in [0.25, 0.3) is 0 Å². The molecule has 0 bridgehead atoms. The summed E-state index contributed by atoms with van der Waals surface area (Å²) in [7, 11) is 2.03. The zero-order valence-corrected chi connectivity index (χ0v) is 17.2. The molecular formula is C24H28F2N2O2. The number of carboxylic acid groups (broad SMARTS) is 1. The lowest BCUT2D eigenvalue weighted by atomic mass is 9.88. The SMILES string of the molecule is CN(Cc1cc(F)cc(F)c1)[C@H]1C[C@H]2CCN(Cc3ccccc3C(=O)O)C[C@H]2C1. The van der Waals surface area contributed by atoms with Crippen LogP contribution in [-0.2, 0) is 13.1 Å². The van der Waals surface area contributed by atoms with Crippen molar-refractivity contribution in [1.82, 2.24) is 9.80 Å². The molecule has 2 aromatic carbocycles. The number of benzene rings is 2. The highest BCUT2D eigenvalue weighted by molar-refractivity contribution is 5.89. The van der Waals surface area contributed by atoms with E-state index in [0.717, 1.165) is 44.0 Å². The molecule has 0 amide bonds. The lowest BCUT2D eigenvalue weighted by molar-refractivity contribution is 0.0692. The van der Waals surface area contributed by atoms with E-state index in [0.29, 0.717) is 42.1 Å². The van der Waals surface area contributed by atoms with Crippen molar-refractivity contribution in [3.05, 3.63) is 70.8 Å². The summed E-state index contributed by atoms with van der Waals surface area (Å²) in [5.41, 5.74) is 1.91. The number of likely N-dealkylation sites (tertiary alicyclic amines) is 1. The smallest absolute Gasteiger partial charge is 0.336 e. The van der Waals surface area contributed by atoms with Gasteiger partial charge >= 0.3 is 5.97 Å². The first-order chi connectivity index (χ1) is 14.4. The van der Waals surface area contributed by atoms with Crippen molar-refractivity contribution in [2.45, 2.75) is 38.4 Å². The van der Waals surface area contributed by atoms with Crippen LogP contribution < -0.4 is 0 Å². The molecule has 0 radical (unpaired) electrons. The Balaban J connectivity index is 1.36. The van der Waals surface area contributed by atoms with Gasteiger partial charge < -0.3 is 5.11 Å². The Kier molecular flexibility index (Phi) is 6.16. The van der Waals surface area contributed by atoms with Crippen molar-refractivity contribution in [1.29, 1.82) is 0 Å². The number of carboxylic acids is 1. The molecule has 3 atom stereocenters. The van der Waals surface area contributed by atoms with E-state index in [2.05, 4.69) is 9.80 Å². The summed E-state index contributed by atoms with van der Waals surface area (Å²) in [6.07, 6.45) is 3.29. The number of hydrogen-bond acceptors (Lipinski definition) is 3. The highest BCUT2D eigenvalue weighted by atomic mass is 19.1. The van der Waals surface area contributed by atoms with Crippen LogP contribution in [0.3, 0.4) is 0 Å². The van der Waals surface area contributed by atoms with Gasteiger partial charge in [-0.3, -0.25) is 9.80 Å². The van der Waals surface area contributed by atoms with E-state index in [9.17, 15) is 18.7 Å². The Bertz CT molecular complexity index is 900. The van der Waals surface area contributed by atoms with Gasteiger partial charge in [-0.05, 0) is 74.0 Å². The number of rotatable bonds is 6. The van der Waals surface area contributed by atoms with Crippen LogP contribution in [0.1, 0.15) is 40.7 Å². The van der Waals surface area contributed by atoms with Crippen LogP contribution in [0, 0.1) is 23.5 Å². The number of fused-ring (bicyclic) bond motifs is 1. The first kappa shape index (κ1) is 20.9. The largest absolute Gasteiger partial charge is 0.478 e. The molecule has 1 N–H and O–H groups in total. The van der Waals surface area contributed by atoms with E-state index in [1.165, 1.54) is 12.1 Å². The normalized spacial score (nSPS) is 24.2. The molecule has 30 heavy (non-hydrogen) atoms. The molecule has 2 fully saturated rings. The van der Waals surface area contributed by atoms with Crippen molar-refractivity contribution in [3.8, 4) is 0 Å². The number of aromatic carboxylic acids is 1. The van der Waals surface area contributed by atoms with Gasteiger partial charge in [-0.1, -0.05) is 18.2 Å². The summed E-state index contributed by atoms with van der Waals surface area (Å²) in [5, 5.41) is 9.43. The van der Waals surface area contributed by atoms with E-state index in [4.69, 9.17) is 0 Å². The molecule has 1 heterocycles. The molecule has 0 aromatic heterocycles. The number of halogens is 2. The highest BCUT2D eigenvalue weighted by Gasteiger charge is 2.39. The number of carbonyl (C=O) groups is 1. The predicted octanol–water partition coefficient (Wildman–Crippen LogP) is 4.40. The van der Waals surface area contributed by atoms with Gasteiger partial charge in [-0.15, -0.1) is 0 Å². The minimum absolute atomic E-state index is 0.381. The standard InChI is InChI=1S/C24H28F2N2O2/c1-27(13-16-8-20(25)12-21(26)9-16)22-10-17-6-7-28(15-19(17)11-22)14-18-4-2-3-5-23(18)24(29)30/h2-5,8-9,12,17,19,22H,6-7,10-11,13-15H2,1H3,(H,29,30)/t17-,19-,22+/m1/s1. The maximum Gasteiger partial charge on any atom is 0.336 e. The molecule has 1 aliphatic heterocycles. The zero-order chi connectivity index (χ0) is 21.3. The lowest BCUT2D eigenvalue weighted by Crippen LogP contribution is -2.38. The minimum atomic E-state index is -0.878. The average Bonchev–Trinajstić information content (AvgIpc) is 3.11. The van der Waals surface area contributed by atoms with Gasteiger partial charge in [0, 0.05) is 31.7 Å². The topological polar surface area (TPSA) is 43.8 Å². The summed E-state index contributed by atoms with van der Waals surface area (Å²) >= 11 is 0. The highest BCUT2D eigenvalue weighted by Crippen LogP contribution is 2.40. The quantitative estimate of drug-likeness (QED) is 0.761. The third-order valence-electron chi connectivity index (χ3n) is 6.74. The van der Waals surface area contributed by atoms with Crippen LogP contribution in [-0.4, -0.2) is 47.1 Å². The Morgan fingerprint density at radius 2 is 1.83 bits per heavy atom. The van der Waals surface area contributed by atoms with Gasteiger partial charge in [0.15, 0.2) is 0 Å². The summed E-state index contributed by atoms with van der Waals surface area (Å²) in [5.74, 6) is -0.705. The number of hydrogen-bond donors (Lipinski definition) is 1. The summed E-state index contributed by atoms with van der Waals surface area (Å²) in [6, 6.07) is 11.3. The maximum absolute atomic E-state index is 13.5. The van der Waals surface area contributed by atoms with Crippen molar-refractivity contribution in [2.75, 3.05) is 20.1 Å².